The number of nitrogens with one attached hydrogen (secondary N) is 1. The first-order valence-electron chi connectivity index (χ1n) is 6.06. The van der Waals surface area contributed by atoms with Gasteiger partial charge < -0.3 is 14.8 Å². The largest absolute Gasteiger partial charge is 0.454 e. The zero-order chi connectivity index (χ0) is 11.8. The second kappa shape index (κ2) is 4.39. The zero-order valence-electron chi connectivity index (χ0n) is 9.88. The third-order valence-electron chi connectivity index (χ3n) is 3.60. The molecule has 2 aliphatic rings. The fourth-order valence-corrected chi connectivity index (χ4v) is 3.20. The van der Waals surface area contributed by atoms with Gasteiger partial charge in [0.05, 0.1) is 5.02 Å². The van der Waals surface area contributed by atoms with Crippen molar-refractivity contribution < 1.29 is 9.47 Å². The van der Waals surface area contributed by atoms with Crippen LogP contribution in [0.25, 0.3) is 0 Å². The Balaban J connectivity index is 2.03. The van der Waals surface area contributed by atoms with E-state index in [2.05, 4.69) is 12.2 Å². The van der Waals surface area contributed by atoms with Gasteiger partial charge in [0, 0.05) is 0 Å². The molecule has 1 saturated heterocycles. The molecule has 0 aliphatic carbocycles. The van der Waals surface area contributed by atoms with E-state index in [0.29, 0.717) is 5.92 Å². The van der Waals surface area contributed by atoms with Crippen LogP contribution in [0.1, 0.15) is 29.9 Å². The summed E-state index contributed by atoms with van der Waals surface area (Å²) in [4.78, 5) is 0. The molecule has 92 valence electrons. The number of halogens is 1. The van der Waals surface area contributed by atoms with Gasteiger partial charge in [-0.25, -0.2) is 0 Å². The van der Waals surface area contributed by atoms with Crippen molar-refractivity contribution in [3.05, 3.63) is 22.2 Å². The van der Waals surface area contributed by atoms with E-state index >= 15 is 0 Å². The van der Waals surface area contributed by atoms with Gasteiger partial charge in [-0.05, 0) is 56.0 Å². The molecule has 1 fully saturated rings. The van der Waals surface area contributed by atoms with Crippen molar-refractivity contribution in [2.24, 2.45) is 0 Å². The van der Waals surface area contributed by atoms with Gasteiger partial charge in [-0.1, -0.05) is 11.6 Å². The fraction of sp³-hybridized carbons (Fsp3) is 0.538. The van der Waals surface area contributed by atoms with Gasteiger partial charge in [0.2, 0.25) is 6.79 Å². The van der Waals surface area contributed by atoms with Crippen molar-refractivity contribution >= 4 is 11.6 Å². The summed E-state index contributed by atoms with van der Waals surface area (Å²) < 4.78 is 10.8. The molecule has 0 bridgehead atoms. The molecule has 0 amide bonds. The third-order valence-corrected chi connectivity index (χ3v) is 3.97. The van der Waals surface area contributed by atoms with Crippen LogP contribution in [0, 0.1) is 6.92 Å². The SMILES string of the molecule is Cc1cc2c(c(Cl)c1C1CCNCC1)OCO2. The van der Waals surface area contributed by atoms with Crippen LogP contribution < -0.4 is 14.8 Å². The lowest BCUT2D eigenvalue weighted by Gasteiger charge is -2.25. The fourth-order valence-electron chi connectivity index (χ4n) is 2.75. The van der Waals surface area contributed by atoms with Crippen molar-refractivity contribution in [2.75, 3.05) is 19.9 Å². The lowest BCUT2D eigenvalue weighted by atomic mass is 9.87. The molecule has 0 spiro atoms. The summed E-state index contributed by atoms with van der Waals surface area (Å²) in [6.45, 7) is 4.51. The van der Waals surface area contributed by atoms with Crippen molar-refractivity contribution in [1.82, 2.24) is 5.32 Å². The van der Waals surface area contributed by atoms with E-state index in [0.717, 1.165) is 42.5 Å². The second-order valence-electron chi connectivity index (χ2n) is 4.68. The molecule has 0 aromatic heterocycles. The lowest BCUT2D eigenvalue weighted by Crippen LogP contribution is -2.27. The number of hydrogen-bond acceptors (Lipinski definition) is 3. The van der Waals surface area contributed by atoms with E-state index in [1.54, 1.807) is 0 Å². The summed E-state index contributed by atoms with van der Waals surface area (Å²) in [6, 6.07) is 2.05. The zero-order valence-corrected chi connectivity index (χ0v) is 10.6. The highest BCUT2D eigenvalue weighted by Crippen LogP contribution is 2.46. The molecule has 3 nitrogen and oxygen atoms in total. The van der Waals surface area contributed by atoms with Crippen LogP contribution in [0.15, 0.2) is 6.07 Å². The monoisotopic (exact) mass is 253 g/mol. The molecule has 3 rings (SSSR count). The normalized spacial score (nSPS) is 19.6. The van der Waals surface area contributed by atoms with Gasteiger partial charge in [0.25, 0.3) is 0 Å². The van der Waals surface area contributed by atoms with E-state index in [9.17, 15) is 0 Å². The molecule has 1 aromatic carbocycles. The molecule has 17 heavy (non-hydrogen) atoms. The Bertz CT molecular complexity index is 442. The van der Waals surface area contributed by atoms with Crippen LogP contribution in [0.2, 0.25) is 5.02 Å². The number of ether oxygens (including phenoxy) is 2. The van der Waals surface area contributed by atoms with Crippen LogP contribution >= 0.6 is 11.6 Å². The van der Waals surface area contributed by atoms with E-state index in [1.807, 2.05) is 6.07 Å². The number of piperidine rings is 1. The average Bonchev–Trinajstić information content (AvgIpc) is 2.78. The second-order valence-corrected chi connectivity index (χ2v) is 5.06. The Labute approximate surface area is 106 Å². The Kier molecular flexibility index (Phi) is 2.89. The van der Waals surface area contributed by atoms with Crippen LogP contribution in [-0.4, -0.2) is 19.9 Å². The summed E-state index contributed by atoms with van der Waals surface area (Å²) in [6.07, 6.45) is 2.28. The van der Waals surface area contributed by atoms with E-state index in [4.69, 9.17) is 21.1 Å². The van der Waals surface area contributed by atoms with Crippen LogP contribution in [0.5, 0.6) is 11.5 Å². The predicted molar refractivity (Wildman–Crippen MR) is 67.2 cm³/mol. The molecule has 2 aliphatic heterocycles. The molecule has 2 heterocycles. The highest BCUT2D eigenvalue weighted by atomic mass is 35.5. The highest BCUT2D eigenvalue weighted by Gasteiger charge is 2.26. The molecule has 0 unspecified atom stereocenters. The molecular formula is C13H16ClNO2. The number of benzene rings is 1. The summed E-state index contributed by atoms with van der Waals surface area (Å²) in [5.74, 6) is 2.05. The highest BCUT2D eigenvalue weighted by molar-refractivity contribution is 6.33. The number of hydrogen-bond donors (Lipinski definition) is 1. The number of rotatable bonds is 1. The Morgan fingerprint density at radius 3 is 2.82 bits per heavy atom. The Morgan fingerprint density at radius 2 is 2.06 bits per heavy atom. The summed E-state index contributed by atoms with van der Waals surface area (Å²) >= 11 is 6.47. The topological polar surface area (TPSA) is 30.5 Å². The van der Waals surface area contributed by atoms with Crippen molar-refractivity contribution in [1.29, 1.82) is 0 Å². The van der Waals surface area contributed by atoms with E-state index in [1.165, 1.54) is 11.1 Å². The summed E-state index contributed by atoms with van der Waals surface area (Å²) in [5.41, 5.74) is 2.46. The van der Waals surface area contributed by atoms with Gasteiger partial charge in [-0.2, -0.15) is 0 Å². The van der Waals surface area contributed by atoms with Crippen molar-refractivity contribution in [3.63, 3.8) is 0 Å². The average molecular weight is 254 g/mol. The minimum absolute atomic E-state index is 0.282. The first kappa shape index (κ1) is 11.2. The van der Waals surface area contributed by atoms with Gasteiger partial charge in [0.1, 0.15) is 0 Å². The van der Waals surface area contributed by atoms with Crippen LogP contribution in [0.3, 0.4) is 0 Å². The molecule has 0 atom stereocenters. The first-order chi connectivity index (χ1) is 8.27. The van der Waals surface area contributed by atoms with Crippen LogP contribution in [-0.2, 0) is 0 Å². The van der Waals surface area contributed by atoms with E-state index < -0.39 is 0 Å². The molecule has 0 radical (unpaired) electrons. The smallest absolute Gasteiger partial charge is 0.231 e. The molecule has 0 saturated carbocycles. The molecular weight excluding hydrogens is 238 g/mol. The van der Waals surface area contributed by atoms with Crippen LogP contribution in [0.4, 0.5) is 0 Å². The summed E-state index contributed by atoms with van der Waals surface area (Å²) in [7, 11) is 0. The minimum atomic E-state index is 0.282. The minimum Gasteiger partial charge on any atom is -0.454 e. The number of aryl methyl sites for hydroxylation is 1. The van der Waals surface area contributed by atoms with Crippen molar-refractivity contribution in [3.8, 4) is 11.5 Å². The molecule has 1 aromatic rings. The van der Waals surface area contributed by atoms with Gasteiger partial charge in [-0.3, -0.25) is 0 Å². The van der Waals surface area contributed by atoms with E-state index in [-0.39, 0.29) is 6.79 Å². The Morgan fingerprint density at radius 1 is 1.29 bits per heavy atom. The summed E-state index contributed by atoms with van der Waals surface area (Å²) in [5, 5.41) is 4.13. The maximum Gasteiger partial charge on any atom is 0.231 e. The third kappa shape index (κ3) is 1.87. The standard InChI is InChI=1S/C13H16ClNO2/c1-8-6-10-13(17-7-16-10)12(14)11(8)9-2-4-15-5-3-9/h6,9,15H,2-5,7H2,1H3. The van der Waals surface area contributed by atoms with Gasteiger partial charge >= 0.3 is 0 Å². The van der Waals surface area contributed by atoms with Crippen molar-refractivity contribution in [2.45, 2.75) is 25.7 Å². The molecule has 4 heteroatoms. The maximum atomic E-state index is 6.47. The Hall–Kier alpha value is -0.930. The first-order valence-corrected chi connectivity index (χ1v) is 6.44. The molecule has 1 N–H and O–H groups in total. The predicted octanol–water partition coefficient (Wildman–Crippen LogP) is 2.84. The maximum absolute atomic E-state index is 6.47. The number of fused-ring (bicyclic) bond motifs is 1. The quantitative estimate of drug-likeness (QED) is 0.835. The van der Waals surface area contributed by atoms with Gasteiger partial charge in [-0.15, -0.1) is 0 Å². The lowest BCUT2D eigenvalue weighted by molar-refractivity contribution is 0.174. The van der Waals surface area contributed by atoms with Gasteiger partial charge in [0.15, 0.2) is 11.5 Å².